The van der Waals surface area contributed by atoms with Crippen LogP contribution in [0, 0.1) is 0 Å². The molecule has 7 heteroatoms. The first kappa shape index (κ1) is 14.5. The molecule has 0 spiro atoms. The summed E-state index contributed by atoms with van der Waals surface area (Å²) >= 11 is 0. The Labute approximate surface area is 83.4 Å². The standard InChI is InChI=1S/C8H12F6O/c1-3-15-5(2)4-7(11,6(9)10)8(12,13)14/h5-6H,3-4H2,1-2H3. The minimum absolute atomic E-state index is 0.0400. The summed E-state index contributed by atoms with van der Waals surface area (Å²) in [5.74, 6) is 0. The molecule has 0 fully saturated rings. The highest BCUT2D eigenvalue weighted by molar-refractivity contribution is 4.91. The Kier molecular flexibility index (Phi) is 4.89. The van der Waals surface area contributed by atoms with Crippen molar-refractivity contribution in [1.29, 1.82) is 0 Å². The highest BCUT2D eigenvalue weighted by Gasteiger charge is 2.63. The molecule has 0 aromatic carbocycles. The van der Waals surface area contributed by atoms with Crippen molar-refractivity contribution < 1.29 is 31.1 Å². The lowest BCUT2D eigenvalue weighted by molar-refractivity contribution is -0.276. The van der Waals surface area contributed by atoms with Gasteiger partial charge in [-0.05, 0) is 13.8 Å². The summed E-state index contributed by atoms with van der Waals surface area (Å²) in [7, 11) is 0. The van der Waals surface area contributed by atoms with Gasteiger partial charge in [0.25, 0.3) is 12.1 Å². The lowest BCUT2D eigenvalue weighted by Crippen LogP contribution is -2.49. The Morgan fingerprint density at radius 3 is 1.87 bits per heavy atom. The molecular formula is C8H12F6O. The van der Waals surface area contributed by atoms with Crippen molar-refractivity contribution in [2.45, 2.75) is 44.6 Å². The minimum atomic E-state index is -5.59. The van der Waals surface area contributed by atoms with Gasteiger partial charge in [-0.15, -0.1) is 0 Å². The first-order chi connectivity index (χ1) is 6.65. The molecule has 0 heterocycles. The predicted molar refractivity (Wildman–Crippen MR) is 41.6 cm³/mol. The molecule has 92 valence electrons. The second-order valence-electron chi connectivity index (χ2n) is 3.13. The Hall–Kier alpha value is -0.460. The van der Waals surface area contributed by atoms with E-state index in [1.807, 2.05) is 0 Å². The largest absolute Gasteiger partial charge is 0.428 e. The van der Waals surface area contributed by atoms with Crippen LogP contribution in [0.3, 0.4) is 0 Å². The number of halogens is 6. The Morgan fingerprint density at radius 1 is 1.13 bits per heavy atom. The first-order valence-corrected chi connectivity index (χ1v) is 4.30. The lowest BCUT2D eigenvalue weighted by atomic mass is 9.98. The molecule has 0 aliphatic carbocycles. The summed E-state index contributed by atoms with van der Waals surface area (Å²) in [6, 6.07) is 0. The van der Waals surface area contributed by atoms with E-state index in [-0.39, 0.29) is 6.61 Å². The monoisotopic (exact) mass is 238 g/mol. The fourth-order valence-corrected chi connectivity index (χ4v) is 1.09. The van der Waals surface area contributed by atoms with Crippen molar-refractivity contribution in [3.8, 4) is 0 Å². The fraction of sp³-hybridized carbons (Fsp3) is 1.00. The van der Waals surface area contributed by atoms with E-state index in [1.165, 1.54) is 6.92 Å². The third-order valence-electron chi connectivity index (χ3n) is 1.85. The Morgan fingerprint density at radius 2 is 1.60 bits per heavy atom. The van der Waals surface area contributed by atoms with Gasteiger partial charge in [0.2, 0.25) is 0 Å². The molecule has 1 nitrogen and oxygen atoms in total. The summed E-state index contributed by atoms with van der Waals surface area (Å²) in [6.45, 7) is 2.64. The van der Waals surface area contributed by atoms with Gasteiger partial charge in [-0.3, -0.25) is 0 Å². The van der Waals surface area contributed by atoms with Crippen molar-refractivity contribution in [3.05, 3.63) is 0 Å². The van der Waals surface area contributed by atoms with E-state index in [1.54, 1.807) is 0 Å². The smallest absolute Gasteiger partial charge is 0.379 e. The third kappa shape index (κ3) is 3.55. The van der Waals surface area contributed by atoms with Crippen LogP contribution in [0.15, 0.2) is 0 Å². The number of rotatable bonds is 5. The molecule has 0 N–H and O–H groups in total. The minimum Gasteiger partial charge on any atom is -0.379 e. The van der Waals surface area contributed by atoms with Crippen molar-refractivity contribution in [2.24, 2.45) is 0 Å². The maximum atomic E-state index is 13.0. The average Bonchev–Trinajstić information content (AvgIpc) is 2.01. The van der Waals surface area contributed by atoms with Gasteiger partial charge in [-0.25, -0.2) is 13.2 Å². The van der Waals surface area contributed by atoms with Crippen molar-refractivity contribution >= 4 is 0 Å². The van der Waals surface area contributed by atoms with Crippen LogP contribution in [0.25, 0.3) is 0 Å². The lowest BCUT2D eigenvalue weighted by Gasteiger charge is -2.29. The van der Waals surface area contributed by atoms with Gasteiger partial charge in [0.05, 0.1) is 6.10 Å². The van der Waals surface area contributed by atoms with Crippen LogP contribution in [0.2, 0.25) is 0 Å². The molecule has 0 aromatic rings. The van der Waals surface area contributed by atoms with Gasteiger partial charge in [0.1, 0.15) is 0 Å². The van der Waals surface area contributed by atoms with Gasteiger partial charge in [-0.1, -0.05) is 0 Å². The van der Waals surface area contributed by atoms with Gasteiger partial charge in [0.15, 0.2) is 0 Å². The van der Waals surface area contributed by atoms with Gasteiger partial charge in [-0.2, -0.15) is 13.2 Å². The van der Waals surface area contributed by atoms with Crippen molar-refractivity contribution in [3.63, 3.8) is 0 Å². The zero-order chi connectivity index (χ0) is 12.3. The molecule has 0 aromatic heterocycles. The first-order valence-electron chi connectivity index (χ1n) is 4.30. The molecule has 0 bridgehead atoms. The highest BCUT2D eigenvalue weighted by atomic mass is 19.4. The van der Waals surface area contributed by atoms with Crippen LogP contribution in [0.1, 0.15) is 20.3 Å². The van der Waals surface area contributed by atoms with Crippen LogP contribution in [0.5, 0.6) is 0 Å². The number of ether oxygens (including phenoxy) is 1. The van der Waals surface area contributed by atoms with Crippen LogP contribution >= 0.6 is 0 Å². The predicted octanol–water partition coefficient (Wildman–Crippen LogP) is 3.34. The number of alkyl halides is 6. The molecule has 0 saturated heterocycles. The Balaban J connectivity index is 4.67. The number of hydrogen-bond donors (Lipinski definition) is 0. The molecule has 0 aliphatic rings. The van der Waals surface area contributed by atoms with Crippen LogP contribution in [0.4, 0.5) is 26.3 Å². The third-order valence-corrected chi connectivity index (χ3v) is 1.85. The van der Waals surface area contributed by atoms with Crippen molar-refractivity contribution in [2.75, 3.05) is 6.61 Å². The number of hydrogen-bond acceptors (Lipinski definition) is 1. The zero-order valence-corrected chi connectivity index (χ0v) is 8.24. The van der Waals surface area contributed by atoms with E-state index in [9.17, 15) is 26.3 Å². The van der Waals surface area contributed by atoms with Gasteiger partial charge >= 0.3 is 6.18 Å². The van der Waals surface area contributed by atoms with Crippen LogP contribution < -0.4 is 0 Å². The van der Waals surface area contributed by atoms with E-state index in [0.29, 0.717) is 0 Å². The van der Waals surface area contributed by atoms with Crippen molar-refractivity contribution in [1.82, 2.24) is 0 Å². The zero-order valence-electron chi connectivity index (χ0n) is 8.24. The van der Waals surface area contributed by atoms with Crippen LogP contribution in [-0.2, 0) is 4.74 Å². The molecule has 0 rings (SSSR count). The Bertz CT molecular complexity index is 192. The van der Waals surface area contributed by atoms with E-state index >= 15 is 0 Å². The van der Waals surface area contributed by atoms with E-state index in [2.05, 4.69) is 4.74 Å². The molecule has 0 saturated carbocycles. The van der Waals surface area contributed by atoms with E-state index in [0.717, 1.165) is 6.92 Å². The van der Waals surface area contributed by atoms with E-state index < -0.39 is 30.8 Å². The quantitative estimate of drug-likeness (QED) is 0.667. The maximum Gasteiger partial charge on any atom is 0.428 e. The average molecular weight is 238 g/mol. The molecule has 15 heavy (non-hydrogen) atoms. The molecular weight excluding hydrogens is 226 g/mol. The SMILES string of the molecule is CCOC(C)CC(F)(C(F)F)C(F)(F)F. The molecule has 0 radical (unpaired) electrons. The molecule has 2 atom stereocenters. The second kappa shape index (κ2) is 5.05. The molecule has 2 unspecified atom stereocenters. The summed E-state index contributed by atoms with van der Waals surface area (Å²) in [5.41, 5.74) is -4.50. The maximum absolute atomic E-state index is 13.0. The van der Waals surface area contributed by atoms with E-state index in [4.69, 9.17) is 0 Å². The molecule has 0 amide bonds. The highest BCUT2D eigenvalue weighted by Crippen LogP contribution is 2.42. The summed E-state index contributed by atoms with van der Waals surface area (Å²) < 4.78 is 77.8. The topological polar surface area (TPSA) is 9.23 Å². The summed E-state index contributed by atoms with van der Waals surface area (Å²) in [5, 5.41) is 0. The summed E-state index contributed by atoms with van der Waals surface area (Å²) in [6.07, 6.45) is -12.3. The van der Waals surface area contributed by atoms with Gasteiger partial charge < -0.3 is 4.74 Å². The van der Waals surface area contributed by atoms with Crippen LogP contribution in [-0.4, -0.2) is 31.0 Å². The normalized spacial score (nSPS) is 19.0. The second-order valence-corrected chi connectivity index (χ2v) is 3.13. The van der Waals surface area contributed by atoms with Gasteiger partial charge in [0, 0.05) is 13.0 Å². The summed E-state index contributed by atoms with van der Waals surface area (Å²) in [4.78, 5) is 0. The molecule has 0 aliphatic heterocycles. The fourth-order valence-electron chi connectivity index (χ4n) is 1.09.